The van der Waals surface area contributed by atoms with Crippen molar-refractivity contribution < 1.29 is 27.5 Å². The summed E-state index contributed by atoms with van der Waals surface area (Å²) in [4.78, 5) is 23.7. The van der Waals surface area contributed by atoms with E-state index in [1.165, 1.54) is 25.3 Å². The van der Waals surface area contributed by atoms with E-state index in [2.05, 4.69) is 10.4 Å². The maximum Gasteiger partial charge on any atom is 0.417 e. The van der Waals surface area contributed by atoms with E-state index in [0.29, 0.717) is 5.75 Å². The van der Waals surface area contributed by atoms with E-state index >= 15 is 0 Å². The summed E-state index contributed by atoms with van der Waals surface area (Å²) < 4.78 is 43.7. The Morgan fingerprint density at radius 2 is 1.81 bits per heavy atom. The molecule has 0 heterocycles. The molecule has 142 valence electrons. The fraction of sp³-hybridized carbons (Fsp3) is 0.167. The molecule has 0 aliphatic carbocycles. The molecule has 0 aliphatic heterocycles. The first kappa shape index (κ1) is 20.0. The van der Waals surface area contributed by atoms with Gasteiger partial charge in [-0.15, -0.1) is 0 Å². The predicted molar refractivity (Wildman–Crippen MR) is 93.5 cm³/mol. The van der Waals surface area contributed by atoms with Gasteiger partial charge in [-0.3, -0.25) is 9.59 Å². The molecule has 0 saturated heterocycles. The van der Waals surface area contributed by atoms with E-state index in [-0.39, 0.29) is 11.3 Å². The number of alkyl halides is 3. The van der Waals surface area contributed by atoms with Crippen LogP contribution in [-0.2, 0) is 15.8 Å². The van der Waals surface area contributed by atoms with Crippen LogP contribution in [0.3, 0.4) is 0 Å². The maximum atomic E-state index is 12.9. The Kier molecular flexibility index (Phi) is 6.17. The van der Waals surface area contributed by atoms with Gasteiger partial charge < -0.3 is 10.1 Å². The van der Waals surface area contributed by atoms with Crippen LogP contribution in [0, 0.1) is 6.92 Å². The fourth-order valence-corrected chi connectivity index (χ4v) is 2.18. The van der Waals surface area contributed by atoms with E-state index in [1.54, 1.807) is 25.1 Å². The van der Waals surface area contributed by atoms with E-state index in [9.17, 15) is 22.8 Å². The number of benzene rings is 2. The van der Waals surface area contributed by atoms with Crippen molar-refractivity contribution in [1.29, 1.82) is 0 Å². The lowest BCUT2D eigenvalue weighted by Gasteiger charge is -2.10. The fourth-order valence-electron chi connectivity index (χ4n) is 2.18. The number of nitrogens with one attached hydrogen (secondary N) is 2. The van der Waals surface area contributed by atoms with E-state index in [0.717, 1.165) is 17.8 Å². The normalized spacial score (nSPS) is 11.3. The van der Waals surface area contributed by atoms with Gasteiger partial charge in [-0.05, 0) is 30.7 Å². The van der Waals surface area contributed by atoms with Crippen molar-refractivity contribution in [2.24, 2.45) is 5.10 Å². The largest absolute Gasteiger partial charge is 0.495 e. The minimum absolute atomic E-state index is 0.244. The molecular weight excluding hydrogens is 363 g/mol. The second kappa shape index (κ2) is 8.35. The Labute approximate surface area is 153 Å². The zero-order valence-corrected chi connectivity index (χ0v) is 14.4. The number of hydrazone groups is 1. The summed E-state index contributed by atoms with van der Waals surface area (Å²) in [6.07, 6.45) is -3.74. The van der Waals surface area contributed by atoms with E-state index in [1.807, 2.05) is 5.43 Å². The lowest BCUT2D eigenvalue weighted by Crippen LogP contribution is -2.32. The molecule has 0 fully saturated rings. The van der Waals surface area contributed by atoms with Gasteiger partial charge in [0.05, 0.1) is 24.6 Å². The number of hydrogen-bond acceptors (Lipinski definition) is 4. The third-order valence-corrected chi connectivity index (χ3v) is 3.45. The number of halogens is 3. The first-order chi connectivity index (χ1) is 12.7. The first-order valence-electron chi connectivity index (χ1n) is 7.67. The Bertz CT molecular complexity index is 880. The van der Waals surface area contributed by atoms with Crippen LogP contribution in [0.4, 0.5) is 18.9 Å². The highest BCUT2D eigenvalue weighted by molar-refractivity contribution is 6.39. The summed E-state index contributed by atoms with van der Waals surface area (Å²) in [5, 5.41) is 5.78. The minimum Gasteiger partial charge on any atom is -0.495 e. The number of carbonyl (C=O) groups is 2. The number of carbonyl (C=O) groups excluding carboxylic acids is 2. The van der Waals surface area contributed by atoms with Gasteiger partial charge in [-0.25, -0.2) is 5.43 Å². The Morgan fingerprint density at radius 3 is 2.48 bits per heavy atom. The highest BCUT2D eigenvalue weighted by Crippen LogP contribution is 2.31. The molecule has 9 heteroatoms. The molecule has 0 aliphatic rings. The third kappa shape index (κ3) is 5.30. The van der Waals surface area contributed by atoms with Gasteiger partial charge in [0.1, 0.15) is 5.75 Å². The molecule has 2 aromatic carbocycles. The first-order valence-corrected chi connectivity index (χ1v) is 7.67. The van der Waals surface area contributed by atoms with Crippen LogP contribution in [0.15, 0.2) is 47.6 Å². The van der Waals surface area contributed by atoms with Gasteiger partial charge in [0.25, 0.3) is 0 Å². The molecule has 2 rings (SSSR count). The molecule has 2 N–H and O–H groups in total. The SMILES string of the molecule is COc1ccc(C)cc1NC(=O)C(=O)N/N=C\c1ccccc1C(F)(F)F. The lowest BCUT2D eigenvalue weighted by atomic mass is 10.1. The van der Waals surface area contributed by atoms with E-state index < -0.39 is 23.6 Å². The zero-order valence-electron chi connectivity index (χ0n) is 14.4. The smallest absolute Gasteiger partial charge is 0.417 e. The highest BCUT2D eigenvalue weighted by Gasteiger charge is 2.32. The van der Waals surface area contributed by atoms with Crippen LogP contribution >= 0.6 is 0 Å². The van der Waals surface area contributed by atoms with E-state index in [4.69, 9.17) is 4.74 Å². The van der Waals surface area contributed by atoms with Gasteiger partial charge in [-0.1, -0.05) is 24.3 Å². The number of methoxy groups -OCH3 is 1. The number of nitrogens with zero attached hydrogens (tertiary/aromatic N) is 1. The van der Waals surface area contributed by atoms with Gasteiger partial charge in [0.2, 0.25) is 0 Å². The molecule has 0 radical (unpaired) electrons. The van der Waals surface area contributed by atoms with Crippen LogP contribution < -0.4 is 15.5 Å². The topological polar surface area (TPSA) is 79.8 Å². The Balaban J connectivity index is 2.05. The predicted octanol–water partition coefficient (Wildman–Crippen LogP) is 3.11. The molecule has 0 saturated carbocycles. The molecule has 2 aromatic rings. The van der Waals surface area contributed by atoms with Crippen LogP contribution in [0.2, 0.25) is 0 Å². The van der Waals surface area contributed by atoms with Crippen LogP contribution in [0.25, 0.3) is 0 Å². The molecule has 0 atom stereocenters. The molecule has 0 bridgehead atoms. The monoisotopic (exact) mass is 379 g/mol. The van der Waals surface area contributed by atoms with Crippen LogP contribution in [0.1, 0.15) is 16.7 Å². The van der Waals surface area contributed by atoms with Crippen molar-refractivity contribution in [2.75, 3.05) is 12.4 Å². The molecule has 27 heavy (non-hydrogen) atoms. The minimum atomic E-state index is -4.56. The number of aryl methyl sites for hydroxylation is 1. The van der Waals surface area contributed by atoms with Crippen molar-refractivity contribution in [3.63, 3.8) is 0 Å². The van der Waals surface area contributed by atoms with Gasteiger partial charge in [-0.2, -0.15) is 18.3 Å². The van der Waals surface area contributed by atoms with Crippen molar-refractivity contribution in [1.82, 2.24) is 5.43 Å². The number of rotatable bonds is 4. The summed E-state index contributed by atoms with van der Waals surface area (Å²) in [7, 11) is 1.41. The standard InChI is InChI=1S/C18H16F3N3O3/c1-11-7-8-15(27-2)14(9-11)23-16(25)17(26)24-22-10-12-5-3-4-6-13(12)18(19,20)21/h3-10H,1-2H3,(H,23,25)(H,24,26)/b22-10-. The Hall–Kier alpha value is -3.36. The van der Waals surface area contributed by atoms with Crippen molar-refractivity contribution in [3.05, 3.63) is 59.2 Å². The maximum absolute atomic E-state index is 12.9. The third-order valence-electron chi connectivity index (χ3n) is 3.45. The zero-order chi connectivity index (χ0) is 20.0. The summed E-state index contributed by atoms with van der Waals surface area (Å²) in [5.74, 6) is -1.83. The summed E-state index contributed by atoms with van der Waals surface area (Å²) in [5.41, 5.74) is 1.85. The van der Waals surface area contributed by atoms with Crippen LogP contribution in [0.5, 0.6) is 5.75 Å². The van der Waals surface area contributed by atoms with Crippen molar-refractivity contribution in [2.45, 2.75) is 13.1 Å². The second-order valence-corrected chi connectivity index (χ2v) is 5.44. The summed E-state index contributed by atoms with van der Waals surface area (Å²) in [6, 6.07) is 9.70. The molecule has 0 aromatic heterocycles. The average molecular weight is 379 g/mol. The summed E-state index contributed by atoms with van der Waals surface area (Å²) >= 11 is 0. The highest BCUT2D eigenvalue weighted by atomic mass is 19.4. The van der Waals surface area contributed by atoms with Crippen molar-refractivity contribution in [3.8, 4) is 5.75 Å². The van der Waals surface area contributed by atoms with Crippen LogP contribution in [-0.4, -0.2) is 25.1 Å². The quantitative estimate of drug-likeness (QED) is 0.487. The number of anilines is 1. The number of ether oxygens (including phenoxy) is 1. The number of hydrogen-bond donors (Lipinski definition) is 2. The average Bonchev–Trinajstić information content (AvgIpc) is 2.61. The van der Waals surface area contributed by atoms with Gasteiger partial charge in [0.15, 0.2) is 0 Å². The van der Waals surface area contributed by atoms with Crippen molar-refractivity contribution >= 4 is 23.7 Å². The molecule has 2 amide bonds. The lowest BCUT2D eigenvalue weighted by molar-refractivity contribution is -0.137. The Morgan fingerprint density at radius 1 is 1.11 bits per heavy atom. The second-order valence-electron chi connectivity index (χ2n) is 5.44. The van der Waals surface area contributed by atoms with Gasteiger partial charge in [0, 0.05) is 5.56 Å². The van der Waals surface area contributed by atoms with Gasteiger partial charge >= 0.3 is 18.0 Å². The summed E-state index contributed by atoms with van der Waals surface area (Å²) in [6.45, 7) is 1.79. The molecule has 0 unspecified atom stereocenters. The molecule has 6 nitrogen and oxygen atoms in total. The number of amides is 2. The molecule has 0 spiro atoms. The molecular formula is C18H16F3N3O3.